The van der Waals surface area contributed by atoms with E-state index in [2.05, 4.69) is 33.5 Å². The fraction of sp³-hybridized carbons (Fsp3) is 0.679. The third kappa shape index (κ3) is 5.59. The number of alkyl halides is 1. The lowest BCUT2D eigenvalue weighted by atomic mass is 9.70. The van der Waals surface area contributed by atoms with E-state index in [0.29, 0.717) is 38.1 Å². The van der Waals surface area contributed by atoms with Gasteiger partial charge in [0.2, 0.25) is 17.7 Å². The Hall–Kier alpha value is -1.78. The van der Waals surface area contributed by atoms with E-state index in [1.165, 1.54) is 0 Å². The Morgan fingerprint density at radius 2 is 1.95 bits per heavy atom. The second-order valence-corrected chi connectivity index (χ2v) is 13.3. The van der Waals surface area contributed by atoms with Gasteiger partial charge in [0.15, 0.2) is 0 Å². The van der Waals surface area contributed by atoms with Crippen molar-refractivity contribution < 1.29 is 24.2 Å². The number of amides is 3. The van der Waals surface area contributed by atoms with Crippen molar-refractivity contribution in [2.45, 2.75) is 86.2 Å². The molecular formula is C28H40BrN3O5S. The molecule has 4 rings (SSSR count). The molecule has 10 heteroatoms. The molecular weight excluding hydrogens is 570 g/mol. The van der Waals surface area contributed by atoms with Crippen LogP contribution in [-0.2, 0) is 14.4 Å². The molecule has 1 spiro atoms. The highest BCUT2D eigenvalue weighted by Gasteiger charge is 2.75. The summed E-state index contributed by atoms with van der Waals surface area (Å²) in [5, 5.41) is 15.3. The van der Waals surface area contributed by atoms with Crippen LogP contribution in [0, 0.1) is 11.8 Å². The lowest BCUT2D eigenvalue weighted by Crippen LogP contribution is -2.55. The Labute approximate surface area is 238 Å². The molecule has 2 bridgehead atoms. The Morgan fingerprint density at radius 3 is 2.61 bits per heavy atom. The molecule has 3 saturated heterocycles. The molecule has 210 valence electrons. The summed E-state index contributed by atoms with van der Waals surface area (Å²) in [5.41, 5.74) is 0.653. The zero-order valence-corrected chi connectivity index (χ0v) is 24.9. The van der Waals surface area contributed by atoms with Gasteiger partial charge >= 0.3 is 0 Å². The van der Waals surface area contributed by atoms with Gasteiger partial charge < -0.3 is 25.4 Å². The quantitative estimate of drug-likeness (QED) is 0.231. The molecule has 3 aliphatic rings. The summed E-state index contributed by atoms with van der Waals surface area (Å²) in [6.45, 7) is 7.12. The first-order valence-corrected chi connectivity index (χ1v) is 15.6. The molecule has 3 heterocycles. The number of likely N-dealkylation sites (tertiary alicyclic amines) is 1. The monoisotopic (exact) mass is 609 g/mol. The number of aliphatic hydroxyl groups is 1. The second kappa shape index (κ2) is 12.6. The van der Waals surface area contributed by atoms with E-state index in [4.69, 9.17) is 4.74 Å². The van der Waals surface area contributed by atoms with Gasteiger partial charge in [-0.1, -0.05) is 29.3 Å². The maximum Gasteiger partial charge on any atom is 0.244 e. The third-order valence-corrected chi connectivity index (χ3v) is 11.2. The molecule has 1 aromatic rings. The molecule has 0 radical (unpaired) electrons. The molecule has 3 fully saturated rings. The van der Waals surface area contributed by atoms with Crippen LogP contribution in [0.2, 0.25) is 0 Å². The Kier molecular flexibility index (Phi) is 9.68. The molecule has 0 aliphatic carbocycles. The summed E-state index contributed by atoms with van der Waals surface area (Å²) in [6.07, 6.45) is 4.63. The molecule has 0 saturated carbocycles. The minimum atomic E-state index is -0.649. The maximum atomic E-state index is 14.0. The van der Waals surface area contributed by atoms with Gasteiger partial charge in [0.05, 0.1) is 23.2 Å². The van der Waals surface area contributed by atoms with E-state index in [-0.39, 0.29) is 40.4 Å². The van der Waals surface area contributed by atoms with Gasteiger partial charge in [-0.3, -0.25) is 14.4 Å². The number of halogens is 1. The lowest BCUT2D eigenvalue weighted by molar-refractivity contribution is -0.139. The van der Waals surface area contributed by atoms with Crippen LogP contribution in [0.1, 0.15) is 59.3 Å². The Bertz CT molecular complexity index is 1010. The van der Waals surface area contributed by atoms with E-state index in [0.717, 1.165) is 25.0 Å². The van der Waals surface area contributed by atoms with E-state index in [9.17, 15) is 19.5 Å². The number of nitrogens with zero attached hydrogens (tertiary/aromatic N) is 1. The average Bonchev–Trinajstić information content (AvgIpc) is 3.46. The summed E-state index contributed by atoms with van der Waals surface area (Å²) >= 11 is 5.46. The number of ether oxygens (including phenoxy) is 1. The van der Waals surface area contributed by atoms with Crippen LogP contribution in [0.25, 0.3) is 0 Å². The van der Waals surface area contributed by atoms with E-state index < -0.39 is 22.6 Å². The molecule has 8 nitrogen and oxygen atoms in total. The highest BCUT2D eigenvalue weighted by atomic mass is 79.9. The highest BCUT2D eigenvalue weighted by Crippen LogP contribution is 2.67. The lowest BCUT2D eigenvalue weighted by Gasteiger charge is -2.36. The molecule has 3 amide bonds. The van der Waals surface area contributed by atoms with Gasteiger partial charge in [-0.05, 0) is 70.2 Å². The van der Waals surface area contributed by atoms with Crippen molar-refractivity contribution in [2.75, 3.05) is 25.1 Å². The van der Waals surface area contributed by atoms with Gasteiger partial charge in [0.1, 0.15) is 11.8 Å². The summed E-state index contributed by atoms with van der Waals surface area (Å²) < 4.78 is 4.85. The zero-order chi connectivity index (χ0) is 27.4. The van der Waals surface area contributed by atoms with Crippen molar-refractivity contribution in [1.29, 1.82) is 0 Å². The number of thioether (sulfide) groups is 1. The number of carbonyl (C=O) groups is 3. The van der Waals surface area contributed by atoms with Crippen LogP contribution in [-0.4, -0.2) is 74.4 Å². The van der Waals surface area contributed by atoms with Crippen LogP contribution < -0.4 is 15.4 Å². The zero-order valence-electron chi connectivity index (χ0n) is 22.5. The van der Waals surface area contributed by atoms with Gasteiger partial charge in [-0.2, -0.15) is 0 Å². The van der Waals surface area contributed by atoms with Crippen molar-refractivity contribution in [1.82, 2.24) is 10.2 Å². The molecule has 0 aromatic heterocycles. The summed E-state index contributed by atoms with van der Waals surface area (Å²) in [5.74, 6) is -0.763. The topological polar surface area (TPSA) is 108 Å². The molecule has 3 aliphatic heterocycles. The van der Waals surface area contributed by atoms with Crippen molar-refractivity contribution in [3.8, 4) is 5.75 Å². The average molecular weight is 611 g/mol. The predicted molar refractivity (Wildman–Crippen MR) is 154 cm³/mol. The number of fused-ring (bicyclic) bond motifs is 1. The second-order valence-electron chi connectivity index (χ2n) is 10.6. The van der Waals surface area contributed by atoms with E-state index >= 15 is 0 Å². The Morgan fingerprint density at radius 1 is 1.21 bits per heavy atom. The number of rotatable bonds is 13. The van der Waals surface area contributed by atoms with Crippen LogP contribution in [0.4, 0.5) is 5.69 Å². The molecule has 7 atom stereocenters. The van der Waals surface area contributed by atoms with Crippen molar-refractivity contribution in [3.05, 3.63) is 24.3 Å². The number of hydrogen-bond acceptors (Lipinski definition) is 6. The minimum absolute atomic E-state index is 0.0106. The number of anilines is 1. The van der Waals surface area contributed by atoms with Crippen molar-refractivity contribution in [3.63, 3.8) is 0 Å². The maximum absolute atomic E-state index is 14.0. The first-order valence-electron chi connectivity index (χ1n) is 13.8. The fourth-order valence-electron chi connectivity index (χ4n) is 6.39. The standard InChI is InChI=1S/C28H40BrN3O5S/c1-4-9-17(3)30-26(35)24-28-16-20(29)23(38-28)21(22(28)27(36)32(24)14-7-6-8-15-33)25(34)31-18-10-12-19(13-11-18)37-5-2/h10-13,17,20-24,33H,4-9,14-16H2,1-3H3,(H,30,35)(H,31,34)/t17?,20?,21-,22-,23-,24?,28?/m0/s1. The first-order chi connectivity index (χ1) is 18.3. The van der Waals surface area contributed by atoms with Crippen molar-refractivity contribution in [2.24, 2.45) is 11.8 Å². The smallest absolute Gasteiger partial charge is 0.244 e. The van der Waals surface area contributed by atoms with Gasteiger partial charge in [-0.15, -0.1) is 11.8 Å². The Balaban J connectivity index is 1.60. The number of unbranched alkanes of at least 4 members (excludes halogenated alkanes) is 2. The molecule has 4 unspecified atom stereocenters. The normalized spacial score (nSPS) is 30.3. The fourth-order valence-corrected chi connectivity index (χ4v) is 10.0. The van der Waals surface area contributed by atoms with E-state index in [1.807, 2.05) is 26.0 Å². The summed E-state index contributed by atoms with van der Waals surface area (Å²) in [6, 6.07) is 6.63. The number of hydrogen-bond donors (Lipinski definition) is 3. The third-order valence-electron chi connectivity index (χ3n) is 7.94. The number of carbonyl (C=O) groups excluding carboxylic acids is 3. The predicted octanol–water partition coefficient (Wildman–Crippen LogP) is 3.96. The van der Waals surface area contributed by atoms with Crippen LogP contribution in [0.3, 0.4) is 0 Å². The number of benzene rings is 1. The highest BCUT2D eigenvalue weighted by molar-refractivity contribution is 9.09. The van der Waals surface area contributed by atoms with Crippen LogP contribution in [0.15, 0.2) is 24.3 Å². The van der Waals surface area contributed by atoms with E-state index in [1.54, 1.807) is 28.8 Å². The first kappa shape index (κ1) is 29.2. The number of nitrogens with one attached hydrogen (secondary N) is 2. The van der Waals surface area contributed by atoms with Gasteiger partial charge in [-0.25, -0.2) is 0 Å². The van der Waals surface area contributed by atoms with Gasteiger partial charge in [0.25, 0.3) is 0 Å². The largest absolute Gasteiger partial charge is 0.494 e. The molecule has 1 aromatic carbocycles. The van der Waals surface area contributed by atoms with Crippen molar-refractivity contribution >= 4 is 51.1 Å². The number of aliphatic hydroxyl groups excluding tert-OH is 1. The minimum Gasteiger partial charge on any atom is -0.494 e. The van der Waals surface area contributed by atoms with Gasteiger partial charge in [0, 0.05) is 35.0 Å². The van der Waals surface area contributed by atoms with Crippen LogP contribution >= 0.6 is 27.7 Å². The summed E-state index contributed by atoms with van der Waals surface area (Å²) in [4.78, 5) is 43.3. The van der Waals surface area contributed by atoms with Crippen LogP contribution in [0.5, 0.6) is 5.75 Å². The molecule has 3 N–H and O–H groups in total. The SMILES string of the molecule is CCCC(C)NC(=O)C1N(CCCCCO)C(=O)[C@@H]2[C@H](C(=O)Nc3ccc(OCC)cc3)[C@H]3SC12CC3Br. The molecule has 38 heavy (non-hydrogen) atoms. The summed E-state index contributed by atoms with van der Waals surface area (Å²) in [7, 11) is 0.